The van der Waals surface area contributed by atoms with Crippen LogP contribution in [0.1, 0.15) is 5.01 Å². The third kappa shape index (κ3) is 1.38. The molecule has 3 heteroatoms. The average Bonchev–Trinajstić information content (AvgIpc) is 2.42. The van der Waals surface area contributed by atoms with Gasteiger partial charge in [0, 0.05) is 32.8 Å². The highest BCUT2D eigenvalue weighted by molar-refractivity contribution is 7.18. The van der Waals surface area contributed by atoms with E-state index in [1.54, 1.807) is 0 Å². The van der Waals surface area contributed by atoms with Gasteiger partial charge in [-0.15, -0.1) is 0 Å². The molecule has 0 N–H and O–H groups in total. The summed E-state index contributed by atoms with van der Waals surface area (Å²) in [6, 6.07) is 6.59. The molecule has 0 spiro atoms. The predicted octanol–water partition coefficient (Wildman–Crippen LogP) is 2.10. The summed E-state index contributed by atoms with van der Waals surface area (Å²) in [7, 11) is 6.26. The Morgan fingerprint density at radius 3 is 2.64 bits per heavy atom. The van der Waals surface area contributed by atoms with Crippen molar-refractivity contribution in [2.45, 2.75) is 6.92 Å². The first-order valence-corrected chi connectivity index (χ1v) is 5.48. The van der Waals surface area contributed by atoms with Gasteiger partial charge in [0.2, 0.25) is 10.5 Å². The third-order valence-corrected chi connectivity index (χ3v) is 3.67. The number of aryl methyl sites for hydroxylation is 2. The number of benzene rings is 1. The monoisotopic (exact) mass is 207 g/mol. The lowest BCUT2D eigenvalue weighted by Gasteiger charge is -2.10. The van der Waals surface area contributed by atoms with Crippen LogP contribution in [0.15, 0.2) is 18.2 Å². The van der Waals surface area contributed by atoms with E-state index >= 15 is 0 Å². The Labute approximate surface area is 88.4 Å². The van der Waals surface area contributed by atoms with Gasteiger partial charge in [0.15, 0.2) is 0 Å². The first-order chi connectivity index (χ1) is 6.59. The molecule has 0 saturated carbocycles. The Kier molecular flexibility index (Phi) is 2.19. The summed E-state index contributed by atoms with van der Waals surface area (Å²) in [4.78, 5) is 2.13. The topological polar surface area (TPSA) is 7.12 Å². The van der Waals surface area contributed by atoms with E-state index in [9.17, 15) is 0 Å². The van der Waals surface area contributed by atoms with Gasteiger partial charge in [0.05, 0.1) is 0 Å². The highest BCUT2D eigenvalue weighted by Crippen LogP contribution is 2.24. The van der Waals surface area contributed by atoms with Crippen molar-refractivity contribution in [3.8, 4) is 0 Å². The number of thiazole rings is 1. The van der Waals surface area contributed by atoms with Crippen LogP contribution in [0.2, 0.25) is 0 Å². The fourth-order valence-electron chi connectivity index (χ4n) is 1.54. The minimum Gasteiger partial charge on any atom is -0.378 e. The zero-order chi connectivity index (χ0) is 10.3. The molecule has 0 aliphatic carbocycles. The first-order valence-electron chi connectivity index (χ1n) is 4.66. The summed E-state index contributed by atoms with van der Waals surface area (Å²) in [6.07, 6.45) is 0. The van der Waals surface area contributed by atoms with Crippen LogP contribution >= 0.6 is 11.3 Å². The molecule has 74 valence electrons. The Morgan fingerprint density at radius 2 is 2.00 bits per heavy atom. The number of aromatic nitrogens is 1. The smallest absolute Gasteiger partial charge is 0.234 e. The number of fused-ring (bicyclic) bond motifs is 1. The van der Waals surface area contributed by atoms with Gasteiger partial charge in [-0.25, -0.2) is 0 Å². The van der Waals surface area contributed by atoms with Crippen molar-refractivity contribution in [1.29, 1.82) is 0 Å². The summed E-state index contributed by atoms with van der Waals surface area (Å²) >= 11 is 1.85. The third-order valence-electron chi connectivity index (χ3n) is 2.55. The summed E-state index contributed by atoms with van der Waals surface area (Å²) in [5.41, 5.74) is 2.58. The fraction of sp³-hybridized carbons (Fsp3) is 0.364. The molecule has 14 heavy (non-hydrogen) atoms. The lowest BCUT2D eigenvalue weighted by molar-refractivity contribution is -0.646. The van der Waals surface area contributed by atoms with E-state index < -0.39 is 0 Å². The quantitative estimate of drug-likeness (QED) is 0.650. The molecular formula is C11H15N2S+. The maximum absolute atomic E-state index is 2.24. The Balaban J connectivity index is 2.67. The van der Waals surface area contributed by atoms with Crippen molar-refractivity contribution >= 4 is 27.2 Å². The van der Waals surface area contributed by atoms with Crippen molar-refractivity contribution in [1.82, 2.24) is 0 Å². The molecule has 0 aliphatic heterocycles. The Bertz CT molecular complexity index is 471. The van der Waals surface area contributed by atoms with Crippen LogP contribution < -0.4 is 9.47 Å². The van der Waals surface area contributed by atoms with Crippen molar-refractivity contribution in [3.05, 3.63) is 23.2 Å². The first kappa shape index (κ1) is 9.46. The Morgan fingerprint density at radius 1 is 1.29 bits per heavy atom. The number of hydrogen-bond acceptors (Lipinski definition) is 2. The largest absolute Gasteiger partial charge is 0.378 e. The van der Waals surface area contributed by atoms with Gasteiger partial charge in [0.25, 0.3) is 0 Å². The average molecular weight is 207 g/mol. The normalized spacial score (nSPS) is 10.9. The standard InChI is InChI=1S/C11H15N2S/c1-8-13(4)10-6-5-9(12(2)3)7-11(10)14-8/h5-7H,1-4H3/q+1. The molecule has 0 saturated heterocycles. The molecule has 2 aromatic rings. The van der Waals surface area contributed by atoms with Crippen LogP contribution in [0.5, 0.6) is 0 Å². The van der Waals surface area contributed by atoms with Crippen LogP contribution in [0.4, 0.5) is 5.69 Å². The Hall–Kier alpha value is -1.09. The SMILES string of the molecule is Cc1sc2cc(N(C)C)ccc2[n+]1C. The van der Waals surface area contributed by atoms with Crippen LogP contribution in [0.3, 0.4) is 0 Å². The highest BCUT2D eigenvalue weighted by Gasteiger charge is 2.12. The van der Waals surface area contributed by atoms with E-state index in [2.05, 4.69) is 55.7 Å². The minimum atomic E-state index is 1.26. The van der Waals surface area contributed by atoms with Crippen LogP contribution in [-0.4, -0.2) is 14.1 Å². The fourth-order valence-corrected chi connectivity index (χ4v) is 2.58. The van der Waals surface area contributed by atoms with Gasteiger partial charge in [-0.2, -0.15) is 4.57 Å². The molecule has 2 rings (SSSR count). The predicted molar refractivity (Wildman–Crippen MR) is 62.1 cm³/mol. The zero-order valence-electron chi connectivity index (χ0n) is 9.03. The molecule has 0 bridgehead atoms. The molecule has 0 unspecified atom stereocenters. The second-order valence-corrected chi connectivity index (χ2v) is 4.96. The van der Waals surface area contributed by atoms with Crippen LogP contribution in [0.25, 0.3) is 10.2 Å². The molecule has 0 amide bonds. The molecule has 0 atom stereocenters. The van der Waals surface area contributed by atoms with Gasteiger partial charge in [-0.05, 0) is 12.1 Å². The van der Waals surface area contributed by atoms with E-state index in [0.29, 0.717) is 0 Å². The molecule has 0 radical (unpaired) electrons. The lowest BCUT2D eigenvalue weighted by Crippen LogP contribution is -2.28. The van der Waals surface area contributed by atoms with Gasteiger partial charge in [-0.3, -0.25) is 0 Å². The number of hydrogen-bond donors (Lipinski definition) is 0. The van der Waals surface area contributed by atoms with E-state index in [0.717, 1.165) is 0 Å². The molecule has 1 aromatic carbocycles. The summed E-state index contributed by atoms with van der Waals surface area (Å²) in [5.74, 6) is 0. The molecule has 2 nitrogen and oxygen atoms in total. The lowest BCUT2D eigenvalue weighted by atomic mass is 10.3. The van der Waals surface area contributed by atoms with Crippen molar-refractivity contribution in [3.63, 3.8) is 0 Å². The number of rotatable bonds is 1. The number of nitrogens with zero attached hydrogens (tertiary/aromatic N) is 2. The van der Waals surface area contributed by atoms with Gasteiger partial charge in [0.1, 0.15) is 11.7 Å². The summed E-state index contributed by atoms with van der Waals surface area (Å²) in [6.45, 7) is 2.15. The summed E-state index contributed by atoms with van der Waals surface area (Å²) < 4.78 is 3.59. The van der Waals surface area contributed by atoms with Gasteiger partial charge >= 0.3 is 0 Å². The second kappa shape index (κ2) is 3.24. The van der Waals surface area contributed by atoms with E-state index in [1.807, 2.05) is 11.3 Å². The van der Waals surface area contributed by atoms with Crippen molar-refractivity contribution in [2.75, 3.05) is 19.0 Å². The minimum absolute atomic E-state index is 1.26. The molecule has 0 fully saturated rings. The molecular weight excluding hydrogens is 192 g/mol. The van der Waals surface area contributed by atoms with E-state index in [-0.39, 0.29) is 0 Å². The van der Waals surface area contributed by atoms with E-state index in [1.165, 1.54) is 20.9 Å². The van der Waals surface area contributed by atoms with Crippen LogP contribution in [-0.2, 0) is 7.05 Å². The second-order valence-electron chi connectivity index (χ2n) is 3.73. The summed E-state index contributed by atoms with van der Waals surface area (Å²) in [5, 5.41) is 1.34. The maximum Gasteiger partial charge on any atom is 0.234 e. The molecule has 1 heterocycles. The highest BCUT2D eigenvalue weighted by atomic mass is 32.1. The van der Waals surface area contributed by atoms with Crippen LogP contribution in [0, 0.1) is 6.92 Å². The zero-order valence-corrected chi connectivity index (χ0v) is 9.85. The van der Waals surface area contributed by atoms with Gasteiger partial charge < -0.3 is 4.90 Å². The van der Waals surface area contributed by atoms with Crippen molar-refractivity contribution in [2.24, 2.45) is 7.05 Å². The number of anilines is 1. The molecule has 0 aliphatic rings. The molecule has 1 aromatic heterocycles. The maximum atomic E-state index is 2.24. The van der Waals surface area contributed by atoms with Gasteiger partial charge in [-0.1, -0.05) is 11.3 Å². The van der Waals surface area contributed by atoms with Crippen molar-refractivity contribution < 1.29 is 4.57 Å². The van der Waals surface area contributed by atoms with E-state index in [4.69, 9.17) is 0 Å².